The van der Waals surface area contributed by atoms with E-state index in [2.05, 4.69) is 64.7 Å². The Morgan fingerprint density at radius 2 is 2.00 bits per heavy atom. The molecule has 2 aromatic rings. The quantitative estimate of drug-likeness (QED) is 0.748. The van der Waals surface area contributed by atoms with Gasteiger partial charge in [0.1, 0.15) is 6.17 Å². The number of aryl methyl sites for hydroxylation is 1. The van der Waals surface area contributed by atoms with Crippen molar-refractivity contribution in [1.82, 2.24) is 9.66 Å². The van der Waals surface area contributed by atoms with E-state index in [0.29, 0.717) is 0 Å². The fourth-order valence-electron chi connectivity index (χ4n) is 2.36. The lowest BCUT2D eigenvalue weighted by Crippen LogP contribution is -2.39. The standard InChI is InChI=1S/C13H16N4/c1-10-6-4-5-7-12(10)17-11(2)15(3)16-9-8-14-13(16)17/h4-9,11H,1-3H3/t11-/m0/s1. The number of para-hydroxylation sites is 1. The van der Waals surface area contributed by atoms with Crippen molar-refractivity contribution in [1.29, 1.82) is 0 Å². The first-order valence-electron chi connectivity index (χ1n) is 5.81. The zero-order valence-electron chi connectivity index (χ0n) is 10.3. The van der Waals surface area contributed by atoms with Gasteiger partial charge in [0.15, 0.2) is 0 Å². The molecule has 0 amide bonds. The topological polar surface area (TPSA) is 24.3 Å². The van der Waals surface area contributed by atoms with Crippen LogP contribution in [0, 0.1) is 6.92 Å². The van der Waals surface area contributed by atoms with Gasteiger partial charge < -0.3 is 0 Å². The fourth-order valence-corrected chi connectivity index (χ4v) is 2.36. The Bertz CT molecular complexity index is 546. The summed E-state index contributed by atoms with van der Waals surface area (Å²) in [5.74, 6) is 0.981. The fraction of sp³-hybridized carbons (Fsp3) is 0.308. The zero-order valence-corrected chi connectivity index (χ0v) is 10.3. The zero-order chi connectivity index (χ0) is 12.0. The van der Waals surface area contributed by atoms with E-state index in [1.165, 1.54) is 11.3 Å². The van der Waals surface area contributed by atoms with E-state index in [1.54, 1.807) is 0 Å². The molecule has 0 fully saturated rings. The minimum Gasteiger partial charge on any atom is -0.291 e. The van der Waals surface area contributed by atoms with E-state index >= 15 is 0 Å². The number of hydrogen-bond acceptors (Lipinski definition) is 3. The normalized spacial score (nSPS) is 18.6. The van der Waals surface area contributed by atoms with Crippen LogP contribution >= 0.6 is 0 Å². The minimum absolute atomic E-state index is 0.278. The summed E-state index contributed by atoms with van der Waals surface area (Å²) >= 11 is 0. The molecule has 0 saturated carbocycles. The van der Waals surface area contributed by atoms with Gasteiger partial charge in [-0.15, -0.1) is 0 Å². The Balaban J connectivity index is 2.14. The number of rotatable bonds is 1. The van der Waals surface area contributed by atoms with Crippen LogP contribution < -0.4 is 9.91 Å². The first kappa shape index (κ1) is 10.2. The van der Waals surface area contributed by atoms with E-state index in [-0.39, 0.29) is 6.17 Å². The highest BCUT2D eigenvalue weighted by molar-refractivity contribution is 5.65. The van der Waals surface area contributed by atoms with Crippen LogP contribution in [0.2, 0.25) is 0 Å². The SMILES string of the molecule is Cc1ccccc1N1c2nccn2N(C)[C@@H]1C. The largest absolute Gasteiger partial charge is 0.291 e. The summed E-state index contributed by atoms with van der Waals surface area (Å²) in [6.07, 6.45) is 4.10. The van der Waals surface area contributed by atoms with Crippen molar-refractivity contribution in [2.75, 3.05) is 17.0 Å². The maximum Gasteiger partial charge on any atom is 0.231 e. The molecule has 2 heterocycles. The first-order valence-corrected chi connectivity index (χ1v) is 5.81. The van der Waals surface area contributed by atoms with Crippen molar-refractivity contribution in [3.05, 3.63) is 42.2 Å². The third-order valence-corrected chi connectivity index (χ3v) is 3.45. The molecule has 0 aliphatic carbocycles. The number of hydrogen-bond donors (Lipinski definition) is 0. The molecule has 17 heavy (non-hydrogen) atoms. The van der Waals surface area contributed by atoms with Gasteiger partial charge in [0.05, 0.1) is 0 Å². The molecule has 3 rings (SSSR count). The molecular weight excluding hydrogens is 212 g/mol. The average molecular weight is 228 g/mol. The van der Waals surface area contributed by atoms with Gasteiger partial charge in [-0.05, 0) is 25.5 Å². The Morgan fingerprint density at radius 1 is 1.24 bits per heavy atom. The van der Waals surface area contributed by atoms with Crippen LogP contribution in [0.4, 0.5) is 11.6 Å². The lowest BCUT2D eigenvalue weighted by Gasteiger charge is -2.26. The van der Waals surface area contributed by atoms with Crippen LogP contribution in [-0.2, 0) is 0 Å². The van der Waals surface area contributed by atoms with Crippen molar-refractivity contribution in [3.8, 4) is 0 Å². The van der Waals surface area contributed by atoms with Gasteiger partial charge >= 0.3 is 0 Å². The van der Waals surface area contributed by atoms with Crippen molar-refractivity contribution in [2.24, 2.45) is 0 Å². The lowest BCUT2D eigenvalue weighted by molar-refractivity contribution is 0.621. The van der Waals surface area contributed by atoms with Crippen LogP contribution in [0.25, 0.3) is 0 Å². The van der Waals surface area contributed by atoms with Gasteiger partial charge in [-0.3, -0.25) is 9.91 Å². The van der Waals surface area contributed by atoms with E-state index in [4.69, 9.17) is 0 Å². The molecule has 0 N–H and O–H groups in total. The number of fused-ring (bicyclic) bond motifs is 1. The van der Waals surface area contributed by atoms with Gasteiger partial charge in [0.25, 0.3) is 0 Å². The molecule has 1 atom stereocenters. The van der Waals surface area contributed by atoms with E-state index in [9.17, 15) is 0 Å². The smallest absolute Gasteiger partial charge is 0.231 e. The molecule has 0 radical (unpaired) electrons. The van der Waals surface area contributed by atoms with Crippen LogP contribution in [0.15, 0.2) is 36.7 Å². The lowest BCUT2D eigenvalue weighted by atomic mass is 10.2. The van der Waals surface area contributed by atoms with Gasteiger partial charge in [-0.1, -0.05) is 18.2 Å². The van der Waals surface area contributed by atoms with Crippen LogP contribution in [0.3, 0.4) is 0 Å². The highest BCUT2D eigenvalue weighted by atomic mass is 15.7. The Kier molecular flexibility index (Phi) is 2.11. The molecule has 4 nitrogen and oxygen atoms in total. The van der Waals surface area contributed by atoms with Gasteiger partial charge in [0, 0.05) is 25.1 Å². The second-order valence-electron chi connectivity index (χ2n) is 4.43. The Morgan fingerprint density at radius 3 is 2.76 bits per heavy atom. The number of benzene rings is 1. The third kappa shape index (κ3) is 1.33. The summed E-state index contributed by atoms with van der Waals surface area (Å²) in [6, 6.07) is 8.41. The summed E-state index contributed by atoms with van der Waals surface area (Å²) in [6.45, 7) is 4.31. The maximum absolute atomic E-state index is 4.44. The molecule has 1 aliphatic heterocycles. The molecule has 1 aromatic carbocycles. The number of imidazole rings is 1. The van der Waals surface area contributed by atoms with E-state index in [1.807, 2.05) is 12.4 Å². The summed E-state index contributed by atoms with van der Waals surface area (Å²) in [5, 5.41) is 2.18. The molecule has 1 aromatic heterocycles. The molecule has 88 valence electrons. The number of aromatic nitrogens is 2. The highest BCUT2D eigenvalue weighted by Gasteiger charge is 2.32. The summed E-state index contributed by atoms with van der Waals surface area (Å²) < 4.78 is 2.08. The molecule has 1 aliphatic rings. The van der Waals surface area contributed by atoms with E-state index < -0.39 is 0 Å². The first-order chi connectivity index (χ1) is 8.20. The van der Waals surface area contributed by atoms with Gasteiger partial charge in [0.2, 0.25) is 5.95 Å². The van der Waals surface area contributed by atoms with Gasteiger partial charge in [-0.2, -0.15) is 0 Å². The van der Waals surface area contributed by atoms with Crippen LogP contribution in [0.1, 0.15) is 12.5 Å². The summed E-state index contributed by atoms with van der Waals surface area (Å²) in [5.41, 5.74) is 2.49. The van der Waals surface area contributed by atoms with Crippen molar-refractivity contribution < 1.29 is 0 Å². The van der Waals surface area contributed by atoms with Crippen LogP contribution in [0.5, 0.6) is 0 Å². The van der Waals surface area contributed by atoms with E-state index in [0.717, 1.165) is 5.95 Å². The second kappa shape index (κ2) is 3.52. The van der Waals surface area contributed by atoms with Crippen LogP contribution in [-0.4, -0.2) is 22.9 Å². The molecule has 0 bridgehead atoms. The minimum atomic E-state index is 0.278. The predicted molar refractivity (Wildman–Crippen MR) is 69.1 cm³/mol. The Hall–Kier alpha value is -1.97. The Labute approximate surface area is 101 Å². The summed E-state index contributed by atoms with van der Waals surface area (Å²) in [7, 11) is 2.08. The highest BCUT2D eigenvalue weighted by Crippen LogP contribution is 2.34. The monoisotopic (exact) mass is 228 g/mol. The van der Waals surface area contributed by atoms with Crippen molar-refractivity contribution in [2.45, 2.75) is 20.0 Å². The molecular formula is C13H16N4. The number of nitrogens with zero attached hydrogens (tertiary/aromatic N) is 4. The third-order valence-electron chi connectivity index (χ3n) is 3.45. The van der Waals surface area contributed by atoms with Crippen molar-refractivity contribution in [3.63, 3.8) is 0 Å². The summed E-state index contributed by atoms with van der Waals surface area (Å²) in [4.78, 5) is 6.70. The number of anilines is 2. The predicted octanol–water partition coefficient (Wildman–Crippen LogP) is 2.26. The molecule has 0 saturated heterocycles. The molecule has 0 unspecified atom stereocenters. The average Bonchev–Trinajstić information content (AvgIpc) is 2.86. The second-order valence-corrected chi connectivity index (χ2v) is 4.43. The van der Waals surface area contributed by atoms with Crippen molar-refractivity contribution >= 4 is 11.6 Å². The molecule has 4 heteroatoms. The van der Waals surface area contributed by atoms with Gasteiger partial charge in [-0.25, -0.2) is 9.66 Å². The maximum atomic E-state index is 4.44. The molecule has 0 spiro atoms.